The molecule has 0 aromatic heterocycles. The number of rotatable bonds is 3. The van der Waals surface area contributed by atoms with Gasteiger partial charge in [-0.1, -0.05) is 18.2 Å². The Labute approximate surface area is 124 Å². The first-order chi connectivity index (χ1) is 10.0. The molecule has 1 aliphatic heterocycles. The molecule has 21 heavy (non-hydrogen) atoms. The molecule has 3 rings (SSSR count). The summed E-state index contributed by atoms with van der Waals surface area (Å²) in [6, 6.07) is 6.63. The molecule has 2 aliphatic rings. The second-order valence-electron chi connectivity index (χ2n) is 6.43. The zero-order chi connectivity index (χ0) is 15.0. The average Bonchev–Trinajstić information content (AvgIpc) is 3.28. The minimum atomic E-state index is -0.622. The molecular weight excluding hydrogens is 269 g/mol. The van der Waals surface area contributed by atoms with Crippen molar-refractivity contribution in [3.63, 3.8) is 0 Å². The summed E-state index contributed by atoms with van der Waals surface area (Å²) >= 11 is 0. The summed E-state index contributed by atoms with van der Waals surface area (Å²) in [5, 5.41) is 9.64. The smallest absolute Gasteiger partial charge is 0.233 e. The second-order valence-corrected chi connectivity index (χ2v) is 6.43. The van der Waals surface area contributed by atoms with Crippen LogP contribution in [0.25, 0.3) is 0 Å². The average molecular weight is 291 g/mol. The van der Waals surface area contributed by atoms with Crippen LogP contribution in [0, 0.1) is 11.7 Å². The van der Waals surface area contributed by atoms with Crippen LogP contribution in [0.4, 0.5) is 4.39 Å². The van der Waals surface area contributed by atoms with Gasteiger partial charge in [0.05, 0.1) is 11.5 Å². The number of hydrogen-bond donors (Lipinski definition) is 1. The fourth-order valence-corrected chi connectivity index (χ4v) is 3.46. The quantitative estimate of drug-likeness (QED) is 0.929. The van der Waals surface area contributed by atoms with Crippen LogP contribution in [0.2, 0.25) is 0 Å². The minimum Gasteiger partial charge on any atom is -0.393 e. The number of likely N-dealkylation sites (tertiary alicyclic amines) is 1. The summed E-state index contributed by atoms with van der Waals surface area (Å²) in [5.41, 5.74) is -0.0733. The van der Waals surface area contributed by atoms with Crippen LogP contribution < -0.4 is 0 Å². The van der Waals surface area contributed by atoms with Crippen molar-refractivity contribution in [1.29, 1.82) is 0 Å². The van der Waals surface area contributed by atoms with Gasteiger partial charge in [0.1, 0.15) is 5.82 Å². The molecule has 114 valence electrons. The molecule has 2 fully saturated rings. The highest BCUT2D eigenvalue weighted by Crippen LogP contribution is 2.50. The molecule has 1 N–H and O–H groups in total. The maximum Gasteiger partial charge on any atom is 0.233 e. The Bertz CT molecular complexity index is 531. The number of piperidine rings is 1. The van der Waals surface area contributed by atoms with Gasteiger partial charge >= 0.3 is 0 Å². The van der Waals surface area contributed by atoms with E-state index in [1.807, 2.05) is 11.8 Å². The van der Waals surface area contributed by atoms with Gasteiger partial charge in [-0.25, -0.2) is 4.39 Å². The van der Waals surface area contributed by atoms with Crippen molar-refractivity contribution in [3.05, 3.63) is 35.6 Å². The number of carbonyl (C=O) groups excluding carboxylic acids is 1. The van der Waals surface area contributed by atoms with Gasteiger partial charge in [-0.15, -0.1) is 0 Å². The highest BCUT2D eigenvalue weighted by atomic mass is 19.1. The lowest BCUT2D eigenvalue weighted by molar-refractivity contribution is -0.136. The molecule has 1 aliphatic carbocycles. The zero-order valence-electron chi connectivity index (χ0n) is 12.4. The Morgan fingerprint density at radius 3 is 2.48 bits per heavy atom. The van der Waals surface area contributed by atoms with E-state index < -0.39 is 5.41 Å². The Morgan fingerprint density at radius 2 is 1.95 bits per heavy atom. The van der Waals surface area contributed by atoms with Gasteiger partial charge in [0.2, 0.25) is 5.91 Å². The van der Waals surface area contributed by atoms with Crippen LogP contribution in [-0.4, -0.2) is 35.1 Å². The normalized spacial score (nSPS) is 22.9. The monoisotopic (exact) mass is 291 g/mol. The minimum absolute atomic E-state index is 0.0663. The van der Waals surface area contributed by atoms with E-state index in [-0.39, 0.29) is 23.7 Å². The molecule has 0 spiro atoms. The predicted molar refractivity (Wildman–Crippen MR) is 78.3 cm³/mol. The molecular formula is C17H22FNO2. The van der Waals surface area contributed by atoms with E-state index in [1.165, 1.54) is 6.07 Å². The van der Waals surface area contributed by atoms with Gasteiger partial charge in [-0.2, -0.15) is 0 Å². The summed E-state index contributed by atoms with van der Waals surface area (Å²) in [7, 11) is 0. The predicted octanol–water partition coefficient (Wildman–Crippen LogP) is 2.48. The number of halogens is 1. The van der Waals surface area contributed by atoms with Crippen molar-refractivity contribution in [1.82, 2.24) is 4.90 Å². The van der Waals surface area contributed by atoms with Crippen LogP contribution in [-0.2, 0) is 10.2 Å². The molecule has 1 aromatic carbocycles. The number of aliphatic hydroxyl groups is 1. The van der Waals surface area contributed by atoms with E-state index in [0.29, 0.717) is 18.7 Å². The summed E-state index contributed by atoms with van der Waals surface area (Å²) < 4.78 is 14.0. The summed E-state index contributed by atoms with van der Waals surface area (Å²) in [5.74, 6) is 0.0662. The maximum absolute atomic E-state index is 14.0. The van der Waals surface area contributed by atoms with Gasteiger partial charge in [-0.05, 0) is 44.6 Å². The SMILES string of the molecule is CC(O)C1CCN(C(=O)C2(c3ccccc3F)CC2)CC1. The van der Waals surface area contributed by atoms with Crippen LogP contribution >= 0.6 is 0 Å². The molecule has 1 heterocycles. The third-order valence-corrected chi connectivity index (χ3v) is 5.06. The standard InChI is InChI=1S/C17H22FNO2/c1-12(20)13-6-10-19(11-7-13)16(21)17(8-9-17)14-4-2-3-5-15(14)18/h2-5,12-13,20H,6-11H2,1H3. The number of hydrogen-bond acceptors (Lipinski definition) is 2. The molecule has 0 bridgehead atoms. The third kappa shape index (κ3) is 2.57. The van der Waals surface area contributed by atoms with Gasteiger partial charge < -0.3 is 10.0 Å². The first kappa shape index (κ1) is 14.5. The van der Waals surface area contributed by atoms with E-state index >= 15 is 0 Å². The molecule has 1 aromatic rings. The first-order valence-electron chi connectivity index (χ1n) is 7.77. The lowest BCUT2D eigenvalue weighted by Gasteiger charge is -2.35. The first-order valence-corrected chi connectivity index (χ1v) is 7.77. The van der Waals surface area contributed by atoms with Crippen molar-refractivity contribution in [2.75, 3.05) is 13.1 Å². The maximum atomic E-state index is 14.0. The van der Waals surface area contributed by atoms with Crippen LogP contribution in [0.1, 0.15) is 38.2 Å². The van der Waals surface area contributed by atoms with Gasteiger partial charge in [0.25, 0.3) is 0 Å². The number of carbonyl (C=O) groups is 1. The summed E-state index contributed by atoms with van der Waals surface area (Å²) in [6.07, 6.45) is 2.82. The largest absolute Gasteiger partial charge is 0.393 e. The number of amides is 1. The van der Waals surface area contributed by atoms with Crippen LogP contribution in [0.15, 0.2) is 24.3 Å². The van der Waals surface area contributed by atoms with Gasteiger partial charge in [0, 0.05) is 18.7 Å². The Kier molecular flexibility index (Phi) is 3.74. The van der Waals surface area contributed by atoms with Gasteiger partial charge in [-0.3, -0.25) is 4.79 Å². The summed E-state index contributed by atoms with van der Waals surface area (Å²) in [6.45, 7) is 3.15. The van der Waals surface area contributed by atoms with E-state index in [9.17, 15) is 14.3 Å². The van der Waals surface area contributed by atoms with Crippen molar-refractivity contribution in [2.45, 2.75) is 44.1 Å². The summed E-state index contributed by atoms with van der Waals surface area (Å²) in [4.78, 5) is 14.7. The zero-order valence-corrected chi connectivity index (χ0v) is 12.4. The Morgan fingerprint density at radius 1 is 1.33 bits per heavy atom. The molecule has 1 atom stereocenters. The fourth-order valence-electron chi connectivity index (χ4n) is 3.46. The molecule has 0 radical (unpaired) electrons. The Hall–Kier alpha value is -1.42. The van der Waals surface area contributed by atoms with Crippen LogP contribution in [0.3, 0.4) is 0 Å². The molecule has 3 nitrogen and oxygen atoms in total. The molecule has 1 amide bonds. The van der Waals surface area contributed by atoms with Crippen molar-refractivity contribution in [2.24, 2.45) is 5.92 Å². The highest BCUT2D eigenvalue weighted by Gasteiger charge is 2.54. The lowest BCUT2D eigenvalue weighted by Crippen LogP contribution is -2.45. The van der Waals surface area contributed by atoms with E-state index in [1.54, 1.807) is 18.2 Å². The van der Waals surface area contributed by atoms with E-state index in [2.05, 4.69) is 0 Å². The number of aliphatic hydroxyl groups excluding tert-OH is 1. The second kappa shape index (κ2) is 5.41. The fraction of sp³-hybridized carbons (Fsp3) is 0.588. The van der Waals surface area contributed by atoms with Crippen LogP contribution in [0.5, 0.6) is 0 Å². The molecule has 1 saturated heterocycles. The highest BCUT2D eigenvalue weighted by molar-refractivity contribution is 5.91. The number of benzene rings is 1. The van der Waals surface area contributed by atoms with Crippen molar-refractivity contribution in [3.8, 4) is 0 Å². The molecule has 1 saturated carbocycles. The number of nitrogens with zero attached hydrogens (tertiary/aromatic N) is 1. The Balaban J connectivity index is 1.73. The van der Waals surface area contributed by atoms with E-state index in [0.717, 1.165) is 25.7 Å². The third-order valence-electron chi connectivity index (χ3n) is 5.06. The van der Waals surface area contributed by atoms with Crippen molar-refractivity contribution >= 4 is 5.91 Å². The molecule has 4 heteroatoms. The van der Waals surface area contributed by atoms with Crippen molar-refractivity contribution < 1.29 is 14.3 Å². The van der Waals surface area contributed by atoms with Gasteiger partial charge in [0.15, 0.2) is 0 Å². The molecule has 1 unspecified atom stereocenters. The topological polar surface area (TPSA) is 40.5 Å². The lowest BCUT2D eigenvalue weighted by atomic mass is 9.89. The van der Waals surface area contributed by atoms with E-state index in [4.69, 9.17) is 0 Å².